The van der Waals surface area contributed by atoms with Gasteiger partial charge in [-0.15, -0.1) is 0 Å². The first-order valence-corrected chi connectivity index (χ1v) is 10.4. The van der Waals surface area contributed by atoms with Crippen molar-refractivity contribution >= 4 is 17.4 Å². The number of halogens is 2. The fourth-order valence-electron chi connectivity index (χ4n) is 4.80. The number of hydrogen-bond donors (Lipinski definition) is 0. The van der Waals surface area contributed by atoms with Crippen molar-refractivity contribution in [3.8, 4) is 11.1 Å². The second kappa shape index (κ2) is 7.71. The number of aromatic nitrogens is 1. The van der Waals surface area contributed by atoms with E-state index in [1.807, 2.05) is 6.07 Å². The van der Waals surface area contributed by atoms with Crippen molar-refractivity contribution in [1.82, 2.24) is 4.98 Å². The van der Waals surface area contributed by atoms with Gasteiger partial charge in [-0.05, 0) is 61.6 Å². The van der Waals surface area contributed by atoms with E-state index in [1.54, 1.807) is 24.4 Å². The van der Waals surface area contributed by atoms with Gasteiger partial charge in [0.2, 0.25) is 0 Å². The van der Waals surface area contributed by atoms with Crippen molar-refractivity contribution in [3.63, 3.8) is 0 Å². The van der Waals surface area contributed by atoms with Crippen molar-refractivity contribution in [2.75, 3.05) is 0 Å². The molecule has 1 aromatic heterocycles. The third kappa shape index (κ3) is 3.80. The second-order valence-corrected chi connectivity index (χ2v) is 8.63. The topological polar surface area (TPSA) is 30.0 Å². The molecule has 4 rings (SSSR count). The number of ketones is 1. The fourth-order valence-corrected chi connectivity index (χ4v) is 4.98. The highest BCUT2D eigenvalue weighted by Gasteiger charge is 2.32. The maximum Gasteiger partial charge on any atom is 0.149 e. The lowest BCUT2D eigenvalue weighted by Crippen LogP contribution is -2.24. The van der Waals surface area contributed by atoms with Crippen LogP contribution in [-0.2, 0) is 17.6 Å². The summed E-state index contributed by atoms with van der Waals surface area (Å²) in [5.41, 5.74) is 3.47. The van der Waals surface area contributed by atoms with E-state index in [2.05, 4.69) is 11.9 Å². The minimum absolute atomic E-state index is 0.124. The first-order chi connectivity index (χ1) is 13.0. The summed E-state index contributed by atoms with van der Waals surface area (Å²) in [7, 11) is 0. The van der Waals surface area contributed by atoms with E-state index in [-0.39, 0.29) is 10.9 Å². The molecule has 1 heterocycles. The Bertz CT molecular complexity index is 865. The third-order valence-corrected chi connectivity index (χ3v) is 6.68. The van der Waals surface area contributed by atoms with Gasteiger partial charge >= 0.3 is 0 Å². The summed E-state index contributed by atoms with van der Waals surface area (Å²) in [6, 6.07) is 7.07. The molecular weight excluding hydrogens is 361 g/mol. The minimum atomic E-state index is -0.404. The van der Waals surface area contributed by atoms with Crippen LogP contribution in [0.25, 0.3) is 11.1 Å². The van der Waals surface area contributed by atoms with Crippen LogP contribution in [0, 0.1) is 23.6 Å². The average Bonchev–Trinajstić information content (AvgIpc) is 3.09. The quantitative estimate of drug-likeness (QED) is 0.642. The Balaban J connectivity index is 1.52. The van der Waals surface area contributed by atoms with E-state index in [4.69, 9.17) is 11.6 Å². The third-order valence-electron chi connectivity index (χ3n) is 6.39. The minimum Gasteiger partial charge on any atom is -0.299 e. The molecule has 1 aromatic carbocycles. The largest absolute Gasteiger partial charge is 0.299 e. The monoisotopic (exact) mass is 385 g/mol. The molecule has 0 saturated heterocycles. The van der Waals surface area contributed by atoms with E-state index >= 15 is 0 Å². The summed E-state index contributed by atoms with van der Waals surface area (Å²) < 4.78 is 14.4. The maximum atomic E-state index is 14.4. The van der Waals surface area contributed by atoms with E-state index in [0.29, 0.717) is 29.6 Å². The number of benzene rings is 1. The van der Waals surface area contributed by atoms with E-state index in [0.717, 1.165) is 42.5 Å². The normalized spacial score (nSPS) is 24.6. The molecule has 0 radical (unpaired) electrons. The number of fused-ring (bicyclic) bond motifs is 1. The summed E-state index contributed by atoms with van der Waals surface area (Å²) in [6.45, 7) is 2.21. The Kier molecular flexibility index (Phi) is 5.32. The highest BCUT2D eigenvalue weighted by atomic mass is 35.5. The van der Waals surface area contributed by atoms with Crippen LogP contribution in [0.15, 0.2) is 30.5 Å². The second-order valence-electron chi connectivity index (χ2n) is 8.23. The van der Waals surface area contributed by atoms with Gasteiger partial charge in [-0.25, -0.2) is 4.39 Å². The van der Waals surface area contributed by atoms with Crippen LogP contribution in [0.3, 0.4) is 0 Å². The molecule has 0 bridgehead atoms. The Morgan fingerprint density at radius 2 is 2.15 bits per heavy atom. The molecule has 0 amide bonds. The van der Waals surface area contributed by atoms with Crippen LogP contribution < -0.4 is 0 Å². The Labute approximate surface area is 165 Å². The lowest BCUT2D eigenvalue weighted by atomic mass is 9.80. The Morgan fingerprint density at radius 3 is 2.93 bits per heavy atom. The van der Waals surface area contributed by atoms with Crippen LogP contribution in [0.2, 0.25) is 5.02 Å². The first-order valence-electron chi connectivity index (χ1n) is 9.98. The Hall–Kier alpha value is -1.74. The lowest BCUT2D eigenvalue weighted by Gasteiger charge is -2.25. The summed E-state index contributed by atoms with van der Waals surface area (Å²) in [6.07, 6.45) is 8.59. The molecule has 2 aliphatic rings. The average molecular weight is 386 g/mol. The van der Waals surface area contributed by atoms with Crippen LogP contribution in [0.4, 0.5) is 4.39 Å². The predicted molar refractivity (Wildman–Crippen MR) is 106 cm³/mol. The molecule has 0 N–H and O–H groups in total. The first kappa shape index (κ1) is 18.6. The van der Waals surface area contributed by atoms with Crippen molar-refractivity contribution in [1.29, 1.82) is 0 Å². The smallest absolute Gasteiger partial charge is 0.149 e. The van der Waals surface area contributed by atoms with Gasteiger partial charge in [0.25, 0.3) is 0 Å². The number of nitrogens with zero attached hydrogens (tertiary/aromatic N) is 1. The van der Waals surface area contributed by atoms with Crippen LogP contribution in [0.5, 0.6) is 0 Å². The number of Topliss-reactive ketones (excluding diaryl/α,β-unsaturated/α-hetero) is 1. The highest BCUT2D eigenvalue weighted by Crippen LogP contribution is 2.36. The van der Waals surface area contributed by atoms with Crippen molar-refractivity contribution < 1.29 is 9.18 Å². The molecule has 3 atom stereocenters. The zero-order chi connectivity index (χ0) is 19.0. The van der Waals surface area contributed by atoms with Gasteiger partial charge < -0.3 is 0 Å². The van der Waals surface area contributed by atoms with Crippen LogP contribution in [-0.4, -0.2) is 10.8 Å². The molecule has 2 aliphatic carbocycles. The lowest BCUT2D eigenvalue weighted by molar-refractivity contribution is -0.124. The summed E-state index contributed by atoms with van der Waals surface area (Å²) in [5, 5.41) is 0.124. The van der Waals surface area contributed by atoms with Gasteiger partial charge in [-0.2, -0.15) is 0 Å². The summed E-state index contributed by atoms with van der Waals surface area (Å²) in [4.78, 5) is 17.3. The molecule has 27 heavy (non-hydrogen) atoms. The molecule has 1 saturated carbocycles. The molecule has 2 nitrogen and oxygen atoms in total. The number of aryl methyl sites for hydroxylation is 1. The molecule has 2 aromatic rings. The molecule has 4 heteroatoms. The SMILES string of the molecule is CC1CCCC1C(=O)CC1CCc2ncc(-c3cccc(Cl)c3F)cc2C1. The van der Waals surface area contributed by atoms with Gasteiger partial charge in [0.15, 0.2) is 0 Å². The van der Waals surface area contributed by atoms with E-state index < -0.39 is 5.82 Å². The zero-order valence-corrected chi connectivity index (χ0v) is 16.4. The van der Waals surface area contributed by atoms with Crippen molar-refractivity contribution in [2.45, 2.75) is 51.9 Å². The van der Waals surface area contributed by atoms with Gasteiger partial charge in [0.05, 0.1) is 5.02 Å². The molecule has 0 spiro atoms. The van der Waals surface area contributed by atoms with Gasteiger partial charge in [0, 0.05) is 35.4 Å². The number of pyridine rings is 1. The van der Waals surface area contributed by atoms with Crippen LogP contribution in [0.1, 0.15) is 50.3 Å². The van der Waals surface area contributed by atoms with E-state index in [9.17, 15) is 9.18 Å². The molecule has 1 fully saturated rings. The van der Waals surface area contributed by atoms with Gasteiger partial charge in [-0.1, -0.05) is 37.1 Å². The summed E-state index contributed by atoms with van der Waals surface area (Å²) >= 11 is 5.93. The molecule has 0 aliphatic heterocycles. The van der Waals surface area contributed by atoms with Gasteiger partial charge in [-0.3, -0.25) is 9.78 Å². The zero-order valence-electron chi connectivity index (χ0n) is 15.7. The number of rotatable bonds is 4. The fraction of sp³-hybridized carbons (Fsp3) is 0.478. The number of carbonyl (C=O) groups excluding carboxylic acids is 1. The van der Waals surface area contributed by atoms with Gasteiger partial charge in [0.1, 0.15) is 11.6 Å². The standard InChI is InChI=1S/C23H25ClFNO/c1-14-4-2-5-18(14)22(27)11-15-8-9-21-16(10-15)12-17(13-26-21)19-6-3-7-20(24)23(19)25/h3,6-7,12-15,18H,2,4-5,8-11H2,1H3. The van der Waals surface area contributed by atoms with Crippen LogP contribution >= 0.6 is 11.6 Å². The molecule has 3 unspecified atom stereocenters. The van der Waals surface area contributed by atoms with E-state index in [1.165, 1.54) is 12.8 Å². The van der Waals surface area contributed by atoms with Crippen molar-refractivity contribution in [3.05, 3.63) is 52.6 Å². The van der Waals surface area contributed by atoms with Crippen molar-refractivity contribution in [2.24, 2.45) is 17.8 Å². The summed E-state index contributed by atoms with van der Waals surface area (Å²) in [5.74, 6) is 1.21. The number of hydrogen-bond acceptors (Lipinski definition) is 2. The highest BCUT2D eigenvalue weighted by molar-refractivity contribution is 6.31. The Morgan fingerprint density at radius 1 is 1.30 bits per heavy atom. The molecule has 142 valence electrons. The number of carbonyl (C=O) groups is 1. The molecular formula is C23H25ClFNO. The maximum absolute atomic E-state index is 14.4. The predicted octanol–water partition coefficient (Wildman–Crippen LogP) is 6.04.